The van der Waals surface area contributed by atoms with Crippen LogP contribution in [0.15, 0.2) is 0 Å². The molecule has 32 heavy (non-hydrogen) atoms. The van der Waals surface area contributed by atoms with Crippen LogP contribution in [0, 0.1) is 5.92 Å². The monoisotopic (exact) mass is 478 g/mol. The van der Waals surface area contributed by atoms with E-state index in [1.165, 1.54) is 18.7 Å². The number of nitrogens with one attached hydrogen (secondary N) is 3. The Morgan fingerprint density at radius 2 is 1.44 bits per heavy atom. The van der Waals surface area contributed by atoms with E-state index in [4.69, 9.17) is 15.9 Å². The van der Waals surface area contributed by atoms with E-state index in [9.17, 15) is 29.1 Å². The van der Waals surface area contributed by atoms with Gasteiger partial charge in [-0.25, -0.2) is 4.79 Å². The number of amides is 3. The lowest BCUT2D eigenvalue weighted by molar-refractivity contribution is -0.145. The molecular formula is C19H34N4O8S. The number of aliphatic carboxylic acids is 2. The fraction of sp³-hybridized carbons (Fsp3) is 0.737. The van der Waals surface area contributed by atoms with Crippen LogP contribution in [0.3, 0.4) is 0 Å². The normalized spacial score (nSPS) is 15.7. The number of carbonyl (C=O) groups is 5. The van der Waals surface area contributed by atoms with Crippen molar-refractivity contribution >= 4 is 41.4 Å². The van der Waals surface area contributed by atoms with E-state index in [1.54, 1.807) is 20.1 Å². The molecule has 184 valence electrons. The average molecular weight is 479 g/mol. The molecule has 0 aliphatic carbocycles. The molecule has 0 fully saturated rings. The lowest BCUT2D eigenvalue weighted by Gasteiger charge is -2.27. The van der Waals surface area contributed by atoms with Crippen LogP contribution in [-0.2, 0) is 24.0 Å². The van der Waals surface area contributed by atoms with Gasteiger partial charge in [0.2, 0.25) is 17.7 Å². The lowest BCUT2D eigenvalue weighted by Crippen LogP contribution is -2.59. The summed E-state index contributed by atoms with van der Waals surface area (Å²) in [6, 6.07) is -4.84. The number of aliphatic hydroxyl groups is 1. The molecule has 0 saturated heterocycles. The van der Waals surface area contributed by atoms with Crippen molar-refractivity contribution in [1.29, 1.82) is 0 Å². The van der Waals surface area contributed by atoms with E-state index in [-0.39, 0.29) is 25.2 Å². The predicted octanol–water partition coefficient (Wildman–Crippen LogP) is -1.49. The minimum atomic E-state index is -1.55. The van der Waals surface area contributed by atoms with Crippen molar-refractivity contribution in [3.05, 3.63) is 0 Å². The first-order chi connectivity index (χ1) is 14.8. The van der Waals surface area contributed by atoms with Crippen molar-refractivity contribution in [1.82, 2.24) is 16.0 Å². The van der Waals surface area contributed by atoms with Crippen molar-refractivity contribution in [2.75, 3.05) is 12.0 Å². The lowest BCUT2D eigenvalue weighted by atomic mass is 10.0. The molecule has 0 bridgehead atoms. The first-order valence-electron chi connectivity index (χ1n) is 10.1. The summed E-state index contributed by atoms with van der Waals surface area (Å²) in [6.45, 7) is 4.54. The Hall–Kier alpha value is -2.38. The highest BCUT2D eigenvalue weighted by Gasteiger charge is 2.32. The molecule has 0 heterocycles. The van der Waals surface area contributed by atoms with Crippen LogP contribution in [0.25, 0.3) is 0 Å². The molecule has 0 aromatic rings. The highest BCUT2D eigenvalue weighted by molar-refractivity contribution is 7.98. The molecule has 3 amide bonds. The molecule has 0 radical (unpaired) electrons. The van der Waals surface area contributed by atoms with Gasteiger partial charge in [-0.3, -0.25) is 19.2 Å². The number of carboxylic acids is 2. The summed E-state index contributed by atoms with van der Waals surface area (Å²) in [5.74, 6) is -4.61. The Bertz CT molecular complexity index is 674. The standard InChI is InChI=1S/C19H34N4O8S/c1-9(2)14(22-16(27)11(20)5-6-13(25)26)18(29)21-12(7-8-32-4)17(28)23-15(10(3)24)19(30)31/h9-12,14-15,24H,5-8,20H2,1-4H3,(H,21,29)(H,22,27)(H,23,28)(H,25,26)(H,30,31). The maximum Gasteiger partial charge on any atom is 0.328 e. The number of carboxylic acid groups (broad SMARTS) is 2. The summed E-state index contributed by atoms with van der Waals surface area (Å²) in [7, 11) is 0. The third kappa shape index (κ3) is 10.8. The molecule has 13 heteroatoms. The number of carbonyl (C=O) groups excluding carboxylic acids is 3. The van der Waals surface area contributed by atoms with E-state index < -0.39 is 59.9 Å². The highest BCUT2D eigenvalue weighted by atomic mass is 32.2. The van der Waals surface area contributed by atoms with E-state index >= 15 is 0 Å². The first-order valence-corrected chi connectivity index (χ1v) is 11.5. The quantitative estimate of drug-likeness (QED) is 0.145. The number of aliphatic hydroxyl groups excluding tert-OH is 1. The van der Waals surface area contributed by atoms with E-state index in [0.29, 0.717) is 5.75 Å². The summed E-state index contributed by atoms with van der Waals surface area (Å²) in [4.78, 5) is 59.6. The average Bonchev–Trinajstić information content (AvgIpc) is 2.69. The topological polar surface area (TPSA) is 208 Å². The van der Waals surface area contributed by atoms with Crippen molar-refractivity contribution in [2.45, 2.75) is 70.3 Å². The molecule has 12 nitrogen and oxygen atoms in total. The summed E-state index contributed by atoms with van der Waals surface area (Å²) in [5.41, 5.74) is 5.69. The Labute approximate surface area is 191 Å². The molecule has 5 atom stereocenters. The molecule has 0 aliphatic heterocycles. The second-order valence-corrected chi connectivity index (χ2v) is 8.66. The van der Waals surface area contributed by atoms with Gasteiger partial charge in [0.15, 0.2) is 6.04 Å². The van der Waals surface area contributed by atoms with Crippen LogP contribution in [0.1, 0.15) is 40.0 Å². The Morgan fingerprint density at radius 1 is 0.875 bits per heavy atom. The van der Waals surface area contributed by atoms with Gasteiger partial charge < -0.3 is 37.0 Å². The van der Waals surface area contributed by atoms with Crippen LogP contribution in [-0.4, -0.2) is 87.3 Å². The second kappa shape index (κ2) is 14.6. The second-order valence-electron chi connectivity index (χ2n) is 7.68. The van der Waals surface area contributed by atoms with Crippen LogP contribution >= 0.6 is 11.8 Å². The molecule has 0 spiro atoms. The maximum absolute atomic E-state index is 12.8. The number of hydrogen-bond acceptors (Lipinski definition) is 8. The molecule has 5 unspecified atom stereocenters. The number of rotatable bonds is 15. The van der Waals surface area contributed by atoms with Gasteiger partial charge in [0, 0.05) is 6.42 Å². The minimum absolute atomic E-state index is 0.109. The van der Waals surface area contributed by atoms with E-state index in [1.807, 2.05) is 0 Å². The minimum Gasteiger partial charge on any atom is -0.481 e. The Kier molecular flexibility index (Phi) is 13.5. The molecular weight excluding hydrogens is 444 g/mol. The number of thioether (sulfide) groups is 1. The fourth-order valence-corrected chi connectivity index (χ4v) is 3.09. The van der Waals surface area contributed by atoms with Gasteiger partial charge in [-0.2, -0.15) is 11.8 Å². The molecule has 0 aliphatic rings. The van der Waals surface area contributed by atoms with Crippen LogP contribution in [0.4, 0.5) is 0 Å². The zero-order chi connectivity index (χ0) is 25.0. The van der Waals surface area contributed by atoms with Gasteiger partial charge >= 0.3 is 11.9 Å². The predicted molar refractivity (Wildman–Crippen MR) is 118 cm³/mol. The molecule has 0 rings (SSSR count). The van der Waals surface area contributed by atoms with Gasteiger partial charge in [-0.15, -0.1) is 0 Å². The summed E-state index contributed by atoms with van der Waals surface area (Å²) in [5, 5.41) is 34.7. The van der Waals surface area contributed by atoms with Crippen LogP contribution in [0.5, 0.6) is 0 Å². The maximum atomic E-state index is 12.8. The Balaban J connectivity index is 5.34. The van der Waals surface area contributed by atoms with E-state index in [2.05, 4.69) is 16.0 Å². The van der Waals surface area contributed by atoms with Crippen LogP contribution in [0.2, 0.25) is 0 Å². The third-order valence-corrected chi connectivity index (χ3v) is 5.19. The number of hydrogen-bond donors (Lipinski definition) is 7. The Morgan fingerprint density at radius 3 is 1.88 bits per heavy atom. The van der Waals surface area contributed by atoms with Crippen molar-refractivity contribution in [3.63, 3.8) is 0 Å². The zero-order valence-corrected chi connectivity index (χ0v) is 19.5. The molecule has 0 aromatic carbocycles. The van der Waals surface area contributed by atoms with Gasteiger partial charge in [-0.1, -0.05) is 13.8 Å². The van der Waals surface area contributed by atoms with E-state index in [0.717, 1.165) is 0 Å². The third-order valence-electron chi connectivity index (χ3n) is 4.54. The first kappa shape index (κ1) is 29.6. The largest absolute Gasteiger partial charge is 0.481 e. The fourth-order valence-electron chi connectivity index (χ4n) is 2.61. The van der Waals surface area contributed by atoms with Gasteiger partial charge in [0.05, 0.1) is 12.1 Å². The van der Waals surface area contributed by atoms with Gasteiger partial charge in [-0.05, 0) is 37.7 Å². The molecule has 8 N–H and O–H groups in total. The van der Waals surface area contributed by atoms with Crippen LogP contribution < -0.4 is 21.7 Å². The van der Waals surface area contributed by atoms with Crippen molar-refractivity contribution in [3.8, 4) is 0 Å². The summed E-state index contributed by atoms with van der Waals surface area (Å²) < 4.78 is 0. The summed E-state index contributed by atoms with van der Waals surface area (Å²) >= 11 is 1.41. The van der Waals surface area contributed by atoms with Gasteiger partial charge in [0.1, 0.15) is 12.1 Å². The van der Waals surface area contributed by atoms with Crippen molar-refractivity contribution < 1.29 is 39.3 Å². The SMILES string of the molecule is CSCCC(NC(=O)C(NC(=O)C(N)CCC(=O)O)C(C)C)C(=O)NC(C(=O)O)C(C)O. The smallest absolute Gasteiger partial charge is 0.328 e. The van der Waals surface area contributed by atoms with Gasteiger partial charge in [0.25, 0.3) is 0 Å². The zero-order valence-electron chi connectivity index (χ0n) is 18.7. The molecule has 0 aromatic heterocycles. The number of nitrogens with two attached hydrogens (primary N) is 1. The summed E-state index contributed by atoms with van der Waals surface area (Å²) in [6.07, 6.45) is 0.202. The highest BCUT2D eigenvalue weighted by Crippen LogP contribution is 2.08. The van der Waals surface area contributed by atoms with Crippen molar-refractivity contribution in [2.24, 2.45) is 11.7 Å². The molecule has 0 saturated carbocycles.